The molecule has 2 aliphatic rings. The van der Waals surface area contributed by atoms with Crippen molar-refractivity contribution in [2.45, 2.75) is 39.2 Å². The van der Waals surface area contributed by atoms with E-state index in [-0.39, 0.29) is 23.7 Å². The van der Waals surface area contributed by atoms with Gasteiger partial charge in [0.1, 0.15) is 17.4 Å². The summed E-state index contributed by atoms with van der Waals surface area (Å²) in [5, 5.41) is 3.67. The molecule has 1 aromatic carbocycles. The van der Waals surface area contributed by atoms with Gasteiger partial charge < -0.3 is 10.1 Å². The van der Waals surface area contributed by atoms with Crippen LogP contribution in [0.15, 0.2) is 42.9 Å². The number of carbonyl (C=O) groups is 1. The smallest absolute Gasteiger partial charge is 0.227 e. The number of aromatic nitrogens is 3. The maximum Gasteiger partial charge on any atom is 0.227 e. The Morgan fingerprint density at radius 3 is 2.65 bits per heavy atom. The van der Waals surface area contributed by atoms with Gasteiger partial charge in [0.05, 0.1) is 29.7 Å². The number of benzene rings is 1. The Morgan fingerprint density at radius 1 is 1.19 bits per heavy atom. The van der Waals surface area contributed by atoms with Crippen LogP contribution in [0.4, 0.5) is 10.1 Å². The molecular formula is C24H25FN4O2. The number of hydrogen-bond donors (Lipinski definition) is 1. The molecule has 2 aromatic heterocycles. The lowest BCUT2D eigenvalue weighted by Gasteiger charge is -2.21. The lowest BCUT2D eigenvalue weighted by molar-refractivity contribution is -0.121. The summed E-state index contributed by atoms with van der Waals surface area (Å²) < 4.78 is 20.0. The summed E-state index contributed by atoms with van der Waals surface area (Å²) in [6.07, 6.45) is 7.72. The number of nitrogens with zero attached hydrogens (tertiary/aromatic N) is 3. The second-order valence-electron chi connectivity index (χ2n) is 8.61. The van der Waals surface area contributed by atoms with Gasteiger partial charge in [-0.2, -0.15) is 0 Å². The number of fused-ring (bicyclic) bond motifs is 2. The van der Waals surface area contributed by atoms with Gasteiger partial charge in [0.25, 0.3) is 0 Å². The Balaban J connectivity index is 1.22. The lowest BCUT2D eigenvalue weighted by Crippen LogP contribution is -2.27. The quantitative estimate of drug-likeness (QED) is 0.634. The van der Waals surface area contributed by atoms with Crippen LogP contribution in [0.2, 0.25) is 0 Å². The summed E-state index contributed by atoms with van der Waals surface area (Å²) in [4.78, 5) is 25.4. The van der Waals surface area contributed by atoms with Crippen molar-refractivity contribution >= 4 is 22.5 Å². The molecule has 7 heteroatoms. The van der Waals surface area contributed by atoms with Crippen LogP contribution in [0, 0.1) is 36.4 Å². The van der Waals surface area contributed by atoms with Gasteiger partial charge in [-0.3, -0.25) is 9.78 Å². The fourth-order valence-electron chi connectivity index (χ4n) is 5.23. The van der Waals surface area contributed by atoms with Gasteiger partial charge >= 0.3 is 0 Å². The maximum atomic E-state index is 13.7. The van der Waals surface area contributed by atoms with Gasteiger partial charge in [-0.15, -0.1) is 0 Å². The van der Waals surface area contributed by atoms with E-state index < -0.39 is 0 Å². The number of halogens is 1. The second kappa shape index (κ2) is 7.87. The standard InChI is InChI=1S/C24H25FN4O2/c1-3-17(24(30)29-15-11-27-13(2)28-12-15)23-18-9-16(10-19(18)23)31-22-6-7-26-21-5-4-14(25)8-20(21)22/h4-8,11-12,16-19,23H,3,9-10H2,1-2H3,(H,29,30)/t16?,17?,18-,19+,23?. The fourth-order valence-corrected chi connectivity index (χ4v) is 5.23. The number of hydrogen-bond acceptors (Lipinski definition) is 5. The van der Waals surface area contributed by atoms with E-state index >= 15 is 0 Å². The maximum absolute atomic E-state index is 13.7. The van der Waals surface area contributed by atoms with E-state index in [1.54, 1.807) is 30.7 Å². The van der Waals surface area contributed by atoms with Crippen LogP contribution in [-0.4, -0.2) is 27.0 Å². The Bertz CT molecular complexity index is 1110. The van der Waals surface area contributed by atoms with E-state index in [1.165, 1.54) is 12.1 Å². The highest BCUT2D eigenvalue weighted by Crippen LogP contribution is 2.62. The predicted octanol–water partition coefficient (Wildman–Crippen LogP) is 4.54. The summed E-state index contributed by atoms with van der Waals surface area (Å²) in [7, 11) is 0. The zero-order valence-corrected chi connectivity index (χ0v) is 17.6. The van der Waals surface area contributed by atoms with Crippen molar-refractivity contribution in [2.24, 2.45) is 23.7 Å². The minimum Gasteiger partial charge on any atom is -0.490 e. The van der Waals surface area contributed by atoms with Gasteiger partial charge in [-0.05, 0) is 68.2 Å². The fraction of sp³-hybridized carbons (Fsp3) is 0.417. The highest BCUT2D eigenvalue weighted by Gasteiger charge is 2.60. The zero-order chi connectivity index (χ0) is 21.5. The molecule has 31 heavy (non-hydrogen) atoms. The molecule has 0 radical (unpaired) electrons. The van der Waals surface area contributed by atoms with E-state index in [2.05, 4.69) is 27.2 Å². The van der Waals surface area contributed by atoms with Gasteiger partial charge in [-0.1, -0.05) is 6.92 Å². The van der Waals surface area contributed by atoms with Crippen LogP contribution >= 0.6 is 0 Å². The SMILES string of the molecule is CCC(C(=O)Nc1cnc(C)nc1)C1[C@H]2CC(Oc3ccnc4ccc(F)cc34)C[C@@H]12. The highest BCUT2D eigenvalue weighted by atomic mass is 19.1. The second-order valence-corrected chi connectivity index (χ2v) is 8.61. The van der Waals surface area contributed by atoms with E-state index in [0.29, 0.717) is 40.4 Å². The number of aryl methyl sites for hydroxylation is 1. The summed E-state index contributed by atoms with van der Waals surface area (Å²) in [6.45, 7) is 3.88. The molecule has 5 atom stereocenters. The number of carbonyl (C=O) groups excluding carboxylic acids is 1. The molecule has 1 N–H and O–H groups in total. The summed E-state index contributed by atoms with van der Waals surface area (Å²) in [5.41, 5.74) is 1.36. The third-order valence-electron chi connectivity index (χ3n) is 6.71. The largest absolute Gasteiger partial charge is 0.490 e. The van der Waals surface area contributed by atoms with Crippen molar-refractivity contribution in [3.63, 3.8) is 0 Å². The molecule has 2 fully saturated rings. The van der Waals surface area contributed by atoms with Crippen LogP contribution in [0.5, 0.6) is 5.75 Å². The molecule has 3 unspecified atom stereocenters. The Kier molecular flexibility index (Phi) is 5.04. The van der Waals surface area contributed by atoms with Crippen LogP contribution < -0.4 is 10.1 Å². The first-order chi connectivity index (χ1) is 15.0. The molecule has 6 nitrogen and oxygen atoms in total. The molecule has 2 aliphatic carbocycles. The van der Waals surface area contributed by atoms with Gasteiger partial charge in [0.15, 0.2) is 0 Å². The molecule has 5 rings (SSSR count). The summed E-state index contributed by atoms with van der Waals surface area (Å²) >= 11 is 0. The first-order valence-corrected chi connectivity index (χ1v) is 10.8. The van der Waals surface area contributed by atoms with Gasteiger partial charge in [-0.25, -0.2) is 14.4 Å². The Hall–Kier alpha value is -3.09. The van der Waals surface area contributed by atoms with Crippen LogP contribution in [-0.2, 0) is 4.79 Å². The molecule has 0 bridgehead atoms. The minimum atomic E-state index is -0.296. The highest BCUT2D eigenvalue weighted by molar-refractivity contribution is 5.92. The van der Waals surface area contributed by atoms with Crippen molar-refractivity contribution in [1.82, 2.24) is 15.0 Å². The molecule has 2 heterocycles. The van der Waals surface area contributed by atoms with Gasteiger partial charge in [0.2, 0.25) is 5.91 Å². The zero-order valence-electron chi connectivity index (χ0n) is 17.6. The van der Waals surface area contributed by atoms with Crippen molar-refractivity contribution in [3.05, 3.63) is 54.5 Å². The number of ether oxygens (including phenoxy) is 1. The summed E-state index contributed by atoms with van der Waals surface area (Å²) in [5.74, 6) is 2.47. The van der Waals surface area contributed by atoms with Gasteiger partial charge in [0, 0.05) is 17.5 Å². The number of anilines is 1. The van der Waals surface area contributed by atoms with Crippen molar-refractivity contribution in [1.29, 1.82) is 0 Å². The average Bonchev–Trinajstić information content (AvgIpc) is 3.23. The number of rotatable bonds is 6. The lowest BCUT2D eigenvalue weighted by atomic mass is 9.93. The normalized spacial score (nSPS) is 25.1. The monoisotopic (exact) mass is 420 g/mol. The number of pyridine rings is 1. The van der Waals surface area contributed by atoms with E-state index in [1.807, 2.05) is 6.92 Å². The Labute approximate surface area is 180 Å². The van der Waals surface area contributed by atoms with Crippen LogP contribution in [0.1, 0.15) is 32.0 Å². The third-order valence-corrected chi connectivity index (χ3v) is 6.71. The molecule has 3 aromatic rings. The molecule has 1 amide bonds. The number of amides is 1. The first kappa shape index (κ1) is 19.8. The predicted molar refractivity (Wildman–Crippen MR) is 115 cm³/mol. The minimum absolute atomic E-state index is 0.0203. The molecule has 2 saturated carbocycles. The molecule has 0 saturated heterocycles. The van der Waals surface area contributed by atoms with Crippen LogP contribution in [0.3, 0.4) is 0 Å². The van der Waals surface area contributed by atoms with E-state index in [4.69, 9.17) is 4.74 Å². The van der Waals surface area contributed by atoms with Crippen molar-refractivity contribution in [3.8, 4) is 5.75 Å². The van der Waals surface area contributed by atoms with Crippen LogP contribution in [0.25, 0.3) is 10.9 Å². The first-order valence-electron chi connectivity index (χ1n) is 10.8. The topological polar surface area (TPSA) is 77.0 Å². The Morgan fingerprint density at radius 2 is 1.94 bits per heavy atom. The summed E-state index contributed by atoms with van der Waals surface area (Å²) in [6, 6.07) is 6.36. The van der Waals surface area contributed by atoms with E-state index in [0.717, 1.165) is 24.8 Å². The molecule has 0 aliphatic heterocycles. The van der Waals surface area contributed by atoms with Crippen molar-refractivity contribution in [2.75, 3.05) is 5.32 Å². The average molecular weight is 420 g/mol. The number of nitrogens with one attached hydrogen (secondary N) is 1. The van der Waals surface area contributed by atoms with E-state index in [9.17, 15) is 9.18 Å². The third kappa shape index (κ3) is 3.84. The van der Waals surface area contributed by atoms with Crippen molar-refractivity contribution < 1.29 is 13.9 Å². The molecular weight excluding hydrogens is 395 g/mol. The molecule has 0 spiro atoms. The molecule has 160 valence electrons.